The monoisotopic (exact) mass is 312 g/mol. The summed E-state index contributed by atoms with van der Waals surface area (Å²) < 4.78 is 39.2. The summed E-state index contributed by atoms with van der Waals surface area (Å²) in [5.74, 6) is 1.60. The number of sulfonamides is 1. The summed E-state index contributed by atoms with van der Waals surface area (Å²) in [6.45, 7) is 0.0500. The molecule has 2 rings (SSSR count). The van der Waals surface area contributed by atoms with Gasteiger partial charge in [-0.15, -0.1) is 6.42 Å². The molecule has 0 amide bonds. The lowest BCUT2D eigenvalue weighted by molar-refractivity contribution is -0.388. The number of rotatable bonds is 6. The van der Waals surface area contributed by atoms with Gasteiger partial charge in [0, 0.05) is 6.54 Å². The van der Waals surface area contributed by atoms with E-state index in [9.17, 15) is 22.9 Å². The maximum Gasteiger partial charge on any atom is 0.292 e. The minimum Gasteiger partial charge on any atom is -0.258 e. The second kappa shape index (κ2) is 5.79. The Morgan fingerprint density at radius 3 is 2.67 bits per heavy atom. The smallest absolute Gasteiger partial charge is 0.258 e. The number of hydrogen-bond donors (Lipinski definition) is 0. The van der Waals surface area contributed by atoms with Gasteiger partial charge in [-0.3, -0.25) is 10.1 Å². The predicted octanol–water partition coefficient (Wildman–Crippen LogP) is 1.77. The highest BCUT2D eigenvalue weighted by molar-refractivity contribution is 7.89. The van der Waals surface area contributed by atoms with Crippen LogP contribution >= 0.6 is 0 Å². The molecule has 0 aliphatic heterocycles. The van der Waals surface area contributed by atoms with E-state index < -0.39 is 31.3 Å². The zero-order valence-corrected chi connectivity index (χ0v) is 11.8. The lowest BCUT2D eigenvalue weighted by atomic mass is 10.3. The second-order valence-electron chi connectivity index (χ2n) is 4.81. The fourth-order valence-corrected chi connectivity index (χ4v) is 3.50. The molecule has 1 fully saturated rings. The maximum atomic E-state index is 13.1. The standard InChI is InChI=1S/C13H13FN2O4S/c1-2-7-15(9-10-3-4-10)21(19,20)13-6-5-11(14)8-12(13)16(17)18/h1,5-6,8,10H,3-4,7,9H2. The van der Waals surface area contributed by atoms with Crippen molar-refractivity contribution in [3.63, 3.8) is 0 Å². The highest BCUT2D eigenvalue weighted by atomic mass is 32.2. The molecule has 112 valence electrons. The van der Waals surface area contributed by atoms with Crippen LogP contribution in [0.5, 0.6) is 0 Å². The Hall–Kier alpha value is -1.98. The van der Waals surface area contributed by atoms with E-state index in [1.54, 1.807) is 0 Å². The van der Waals surface area contributed by atoms with Crippen LogP contribution in [-0.2, 0) is 10.0 Å². The van der Waals surface area contributed by atoms with E-state index in [1.165, 1.54) is 0 Å². The van der Waals surface area contributed by atoms with Crippen molar-refractivity contribution in [1.29, 1.82) is 0 Å². The van der Waals surface area contributed by atoms with Crippen molar-refractivity contribution >= 4 is 15.7 Å². The van der Waals surface area contributed by atoms with Crippen LogP contribution in [-0.4, -0.2) is 30.7 Å². The lowest BCUT2D eigenvalue weighted by Gasteiger charge is -2.19. The van der Waals surface area contributed by atoms with Gasteiger partial charge in [0.15, 0.2) is 4.90 Å². The van der Waals surface area contributed by atoms with Crippen molar-refractivity contribution in [2.45, 2.75) is 17.7 Å². The molecule has 0 saturated heterocycles. The quantitative estimate of drug-likeness (QED) is 0.455. The summed E-state index contributed by atoms with van der Waals surface area (Å²) in [5, 5.41) is 11.0. The largest absolute Gasteiger partial charge is 0.292 e. The molecule has 1 aliphatic rings. The van der Waals surface area contributed by atoms with Gasteiger partial charge in [-0.2, -0.15) is 4.31 Å². The van der Waals surface area contributed by atoms with E-state index in [0.29, 0.717) is 6.07 Å². The normalized spacial score (nSPS) is 14.9. The van der Waals surface area contributed by atoms with Crippen LogP contribution in [0.4, 0.5) is 10.1 Å². The lowest BCUT2D eigenvalue weighted by Crippen LogP contribution is -2.33. The van der Waals surface area contributed by atoms with Gasteiger partial charge in [-0.05, 0) is 30.9 Å². The fraction of sp³-hybridized carbons (Fsp3) is 0.385. The molecular weight excluding hydrogens is 299 g/mol. The third-order valence-corrected chi connectivity index (χ3v) is 5.02. The molecule has 0 N–H and O–H groups in total. The topological polar surface area (TPSA) is 80.5 Å². The molecule has 0 spiro atoms. The van der Waals surface area contributed by atoms with Crippen molar-refractivity contribution in [2.75, 3.05) is 13.1 Å². The average molecular weight is 312 g/mol. The zero-order chi connectivity index (χ0) is 15.6. The van der Waals surface area contributed by atoms with Crippen molar-refractivity contribution in [3.05, 3.63) is 34.1 Å². The van der Waals surface area contributed by atoms with Crippen LogP contribution in [0.2, 0.25) is 0 Å². The van der Waals surface area contributed by atoms with E-state index >= 15 is 0 Å². The second-order valence-corrected chi connectivity index (χ2v) is 6.72. The van der Waals surface area contributed by atoms with Gasteiger partial charge in [-0.1, -0.05) is 5.92 Å². The fourth-order valence-electron chi connectivity index (χ4n) is 1.93. The van der Waals surface area contributed by atoms with Crippen LogP contribution in [0.3, 0.4) is 0 Å². The first-order valence-electron chi connectivity index (χ1n) is 6.24. The Labute approximate surface area is 121 Å². The van der Waals surface area contributed by atoms with E-state index in [1.807, 2.05) is 0 Å². The van der Waals surface area contributed by atoms with Gasteiger partial charge < -0.3 is 0 Å². The SMILES string of the molecule is C#CCN(CC1CC1)S(=O)(=O)c1ccc(F)cc1[N+](=O)[O-]. The summed E-state index contributed by atoms with van der Waals surface area (Å²) in [6, 6.07) is 2.38. The number of halogens is 1. The Kier molecular flexibility index (Phi) is 4.25. The van der Waals surface area contributed by atoms with Gasteiger partial charge >= 0.3 is 0 Å². The molecule has 1 saturated carbocycles. The minimum atomic E-state index is -4.13. The molecule has 0 radical (unpaired) electrons. The highest BCUT2D eigenvalue weighted by Crippen LogP contribution is 2.33. The van der Waals surface area contributed by atoms with E-state index in [2.05, 4.69) is 5.92 Å². The van der Waals surface area contributed by atoms with Crippen LogP contribution in [0, 0.1) is 34.2 Å². The van der Waals surface area contributed by atoms with Crippen LogP contribution in [0.15, 0.2) is 23.1 Å². The molecule has 0 atom stereocenters. The molecule has 0 aromatic heterocycles. The number of nitro groups is 1. The Morgan fingerprint density at radius 2 is 2.14 bits per heavy atom. The van der Waals surface area contributed by atoms with Crippen LogP contribution in [0.25, 0.3) is 0 Å². The Morgan fingerprint density at radius 1 is 1.48 bits per heavy atom. The molecule has 6 nitrogen and oxygen atoms in total. The third-order valence-electron chi connectivity index (χ3n) is 3.16. The average Bonchev–Trinajstić information content (AvgIpc) is 3.21. The first-order chi connectivity index (χ1) is 9.86. The van der Waals surface area contributed by atoms with Crippen molar-refractivity contribution in [2.24, 2.45) is 5.92 Å². The predicted molar refractivity (Wildman–Crippen MR) is 73.4 cm³/mol. The molecule has 21 heavy (non-hydrogen) atoms. The number of nitrogens with zero attached hydrogens (tertiary/aromatic N) is 2. The zero-order valence-electron chi connectivity index (χ0n) is 11.0. The Bertz CT molecular complexity index is 707. The molecule has 0 unspecified atom stereocenters. The number of terminal acetylenes is 1. The summed E-state index contributed by atoms with van der Waals surface area (Å²) in [6.07, 6.45) is 6.98. The number of hydrogen-bond acceptors (Lipinski definition) is 4. The molecule has 0 bridgehead atoms. The molecule has 1 aromatic carbocycles. The number of benzene rings is 1. The van der Waals surface area contributed by atoms with Crippen molar-refractivity contribution in [3.8, 4) is 12.3 Å². The van der Waals surface area contributed by atoms with E-state index in [0.717, 1.165) is 29.3 Å². The van der Waals surface area contributed by atoms with Gasteiger partial charge in [0.2, 0.25) is 0 Å². The molecule has 8 heteroatoms. The first-order valence-corrected chi connectivity index (χ1v) is 7.68. The van der Waals surface area contributed by atoms with E-state index in [-0.39, 0.29) is 19.0 Å². The van der Waals surface area contributed by atoms with Gasteiger partial charge in [-0.25, -0.2) is 12.8 Å². The van der Waals surface area contributed by atoms with Crippen LogP contribution in [0.1, 0.15) is 12.8 Å². The van der Waals surface area contributed by atoms with Gasteiger partial charge in [0.25, 0.3) is 15.7 Å². The summed E-state index contributed by atoms with van der Waals surface area (Å²) in [5.41, 5.74) is -0.784. The van der Waals surface area contributed by atoms with Gasteiger partial charge in [0.1, 0.15) is 5.82 Å². The van der Waals surface area contributed by atoms with Gasteiger partial charge in [0.05, 0.1) is 17.5 Å². The minimum absolute atomic E-state index is 0.173. The number of nitro benzene ring substituents is 1. The van der Waals surface area contributed by atoms with E-state index in [4.69, 9.17) is 6.42 Å². The third kappa shape index (κ3) is 3.37. The first kappa shape index (κ1) is 15.4. The molecular formula is C13H13FN2O4S. The molecule has 1 aliphatic carbocycles. The highest BCUT2D eigenvalue weighted by Gasteiger charge is 2.35. The van der Waals surface area contributed by atoms with Crippen molar-refractivity contribution in [1.82, 2.24) is 4.31 Å². The summed E-state index contributed by atoms with van der Waals surface area (Å²) >= 11 is 0. The maximum absolute atomic E-state index is 13.1. The summed E-state index contributed by atoms with van der Waals surface area (Å²) in [7, 11) is -4.13. The molecule has 0 heterocycles. The Balaban J connectivity index is 2.46. The molecule has 1 aromatic rings. The van der Waals surface area contributed by atoms with Crippen LogP contribution < -0.4 is 0 Å². The van der Waals surface area contributed by atoms with Crippen molar-refractivity contribution < 1.29 is 17.7 Å². The summed E-state index contributed by atoms with van der Waals surface area (Å²) in [4.78, 5) is 9.50.